The highest BCUT2D eigenvalue weighted by atomic mass is 35.5. The Hall–Kier alpha value is -1.80. The van der Waals surface area contributed by atoms with Gasteiger partial charge >= 0.3 is 0 Å². The van der Waals surface area contributed by atoms with Crippen molar-refractivity contribution in [2.75, 3.05) is 5.32 Å². The highest BCUT2D eigenvalue weighted by Gasteiger charge is 2.50. The van der Waals surface area contributed by atoms with E-state index in [9.17, 15) is 4.79 Å². The predicted octanol–water partition coefficient (Wildman–Crippen LogP) is 5.49. The number of carbonyl (C=O) groups is 1. The smallest absolute Gasteiger partial charge is 0.235 e. The maximum Gasteiger partial charge on any atom is 0.235 e. The summed E-state index contributed by atoms with van der Waals surface area (Å²) >= 11 is 6.13. The van der Waals surface area contributed by atoms with Gasteiger partial charge in [0.05, 0.1) is 5.41 Å². The standard InChI is InChI=1S/C21H20ClNO/c1-20(2)8-10-21(11-9-20)17-13-15(6-7-18(17)23-19(21)24)14-4-3-5-16(22)12-14/h1,3-7,12-13H,8-11H2,2H3,(H,23,24). The minimum Gasteiger partial charge on any atom is -0.325 e. The molecule has 2 radical (unpaired) electrons. The highest BCUT2D eigenvalue weighted by molar-refractivity contribution is 6.30. The number of benzene rings is 2. The van der Waals surface area contributed by atoms with Crippen LogP contribution in [0, 0.1) is 12.3 Å². The summed E-state index contributed by atoms with van der Waals surface area (Å²) in [6.45, 7) is 8.36. The van der Waals surface area contributed by atoms with Crippen LogP contribution in [-0.2, 0) is 10.2 Å². The summed E-state index contributed by atoms with van der Waals surface area (Å²) in [4.78, 5) is 12.7. The first-order valence-electron chi connectivity index (χ1n) is 8.41. The van der Waals surface area contributed by atoms with Gasteiger partial charge in [0, 0.05) is 10.7 Å². The fourth-order valence-electron chi connectivity index (χ4n) is 4.01. The molecule has 0 aromatic heterocycles. The molecule has 1 N–H and O–H groups in total. The molecular formula is C21H20ClNO. The summed E-state index contributed by atoms with van der Waals surface area (Å²) < 4.78 is 0. The van der Waals surface area contributed by atoms with Crippen LogP contribution in [0.2, 0.25) is 5.02 Å². The number of halogens is 1. The zero-order valence-electron chi connectivity index (χ0n) is 13.7. The van der Waals surface area contributed by atoms with Crippen LogP contribution >= 0.6 is 11.6 Å². The Bertz CT molecular complexity index is 814. The Morgan fingerprint density at radius 2 is 1.75 bits per heavy atom. The second-order valence-corrected chi connectivity index (χ2v) is 7.90. The van der Waals surface area contributed by atoms with E-state index in [1.54, 1.807) is 0 Å². The Morgan fingerprint density at radius 3 is 2.46 bits per heavy atom. The second-order valence-electron chi connectivity index (χ2n) is 7.46. The molecule has 2 nitrogen and oxygen atoms in total. The summed E-state index contributed by atoms with van der Waals surface area (Å²) in [6, 6.07) is 14.0. The fourth-order valence-corrected chi connectivity index (χ4v) is 4.20. The highest BCUT2D eigenvalue weighted by Crippen LogP contribution is 2.52. The van der Waals surface area contributed by atoms with Crippen molar-refractivity contribution in [1.82, 2.24) is 0 Å². The predicted molar refractivity (Wildman–Crippen MR) is 98.1 cm³/mol. The summed E-state index contributed by atoms with van der Waals surface area (Å²) in [7, 11) is 0. The molecular weight excluding hydrogens is 318 g/mol. The molecule has 2 aromatic carbocycles. The lowest BCUT2D eigenvalue weighted by Crippen LogP contribution is -2.40. The Morgan fingerprint density at radius 1 is 1.04 bits per heavy atom. The molecule has 1 spiro atoms. The van der Waals surface area contributed by atoms with Gasteiger partial charge in [-0.2, -0.15) is 0 Å². The number of nitrogens with one attached hydrogen (secondary N) is 1. The lowest BCUT2D eigenvalue weighted by Gasteiger charge is -2.39. The topological polar surface area (TPSA) is 29.1 Å². The van der Waals surface area contributed by atoms with Crippen molar-refractivity contribution >= 4 is 23.2 Å². The summed E-state index contributed by atoms with van der Waals surface area (Å²) in [5.74, 6) is 0.122. The third-order valence-electron chi connectivity index (χ3n) is 5.62. The van der Waals surface area contributed by atoms with Crippen molar-refractivity contribution in [3.63, 3.8) is 0 Å². The van der Waals surface area contributed by atoms with Gasteiger partial charge in [-0.05, 0) is 79.0 Å². The molecule has 2 aromatic rings. The van der Waals surface area contributed by atoms with E-state index in [0.29, 0.717) is 5.02 Å². The molecule has 1 amide bonds. The van der Waals surface area contributed by atoms with E-state index in [4.69, 9.17) is 18.5 Å². The zero-order chi connectivity index (χ0) is 16.9. The van der Waals surface area contributed by atoms with Gasteiger partial charge in [-0.15, -0.1) is 0 Å². The maximum absolute atomic E-state index is 12.7. The first kappa shape index (κ1) is 15.7. The summed E-state index contributed by atoms with van der Waals surface area (Å²) in [5.41, 5.74) is 3.61. The number of anilines is 1. The Labute approximate surface area is 148 Å². The number of carbonyl (C=O) groups excluding carboxylic acids is 1. The van der Waals surface area contributed by atoms with E-state index in [2.05, 4.69) is 18.3 Å². The number of hydrogen-bond acceptors (Lipinski definition) is 1. The Balaban J connectivity index is 1.78. The van der Waals surface area contributed by atoms with Crippen molar-refractivity contribution in [2.24, 2.45) is 5.41 Å². The monoisotopic (exact) mass is 337 g/mol. The summed E-state index contributed by atoms with van der Waals surface area (Å²) in [5, 5.41) is 3.79. The number of hydrogen-bond donors (Lipinski definition) is 1. The number of fused-ring (bicyclic) bond motifs is 2. The van der Waals surface area contributed by atoms with Gasteiger partial charge in [0.25, 0.3) is 0 Å². The number of rotatable bonds is 1. The van der Waals surface area contributed by atoms with Crippen LogP contribution in [0.15, 0.2) is 42.5 Å². The molecule has 0 bridgehead atoms. The lowest BCUT2D eigenvalue weighted by molar-refractivity contribution is -0.122. The van der Waals surface area contributed by atoms with Gasteiger partial charge in [0.15, 0.2) is 0 Å². The van der Waals surface area contributed by atoms with Crippen LogP contribution in [0.25, 0.3) is 11.1 Å². The van der Waals surface area contributed by atoms with E-state index >= 15 is 0 Å². The van der Waals surface area contributed by atoms with Crippen LogP contribution in [0.4, 0.5) is 5.69 Å². The molecule has 4 rings (SSSR count). The molecule has 1 aliphatic carbocycles. The molecule has 1 aliphatic heterocycles. The van der Waals surface area contributed by atoms with Crippen LogP contribution in [-0.4, -0.2) is 5.91 Å². The van der Waals surface area contributed by atoms with E-state index in [1.807, 2.05) is 36.4 Å². The van der Waals surface area contributed by atoms with Crippen molar-refractivity contribution in [3.05, 3.63) is 60.0 Å². The Kier molecular flexibility index (Phi) is 3.50. The largest absolute Gasteiger partial charge is 0.325 e. The summed E-state index contributed by atoms with van der Waals surface area (Å²) in [6.07, 6.45) is 3.33. The molecule has 1 saturated carbocycles. The van der Waals surface area contributed by atoms with E-state index in [1.165, 1.54) is 0 Å². The first-order valence-corrected chi connectivity index (χ1v) is 8.78. The van der Waals surface area contributed by atoms with E-state index < -0.39 is 5.41 Å². The average molecular weight is 338 g/mol. The molecule has 2 aliphatic rings. The normalized spacial score (nSPS) is 20.7. The van der Waals surface area contributed by atoms with Crippen LogP contribution < -0.4 is 5.32 Å². The molecule has 0 atom stereocenters. The quantitative estimate of drug-likeness (QED) is 0.732. The van der Waals surface area contributed by atoms with Crippen molar-refractivity contribution < 1.29 is 4.79 Å². The van der Waals surface area contributed by atoms with Gasteiger partial charge < -0.3 is 5.32 Å². The maximum atomic E-state index is 12.7. The zero-order valence-corrected chi connectivity index (χ0v) is 14.5. The van der Waals surface area contributed by atoms with Gasteiger partial charge in [-0.3, -0.25) is 4.79 Å². The molecule has 122 valence electrons. The minimum absolute atomic E-state index is 0.122. The molecule has 0 unspecified atom stereocenters. The third-order valence-corrected chi connectivity index (χ3v) is 5.86. The minimum atomic E-state index is -0.428. The van der Waals surface area contributed by atoms with Gasteiger partial charge in [0.2, 0.25) is 5.91 Å². The van der Waals surface area contributed by atoms with Gasteiger partial charge in [-0.25, -0.2) is 0 Å². The van der Waals surface area contributed by atoms with Gasteiger partial charge in [-0.1, -0.05) is 36.7 Å². The second kappa shape index (κ2) is 5.35. The lowest BCUT2D eigenvalue weighted by atomic mass is 9.62. The first-order chi connectivity index (χ1) is 11.4. The van der Waals surface area contributed by atoms with Crippen LogP contribution in [0.5, 0.6) is 0 Å². The third kappa shape index (κ3) is 2.44. The number of amides is 1. The average Bonchev–Trinajstić information content (AvgIpc) is 2.82. The van der Waals surface area contributed by atoms with Gasteiger partial charge in [0.1, 0.15) is 0 Å². The fraction of sp³-hybridized carbons (Fsp3) is 0.333. The van der Waals surface area contributed by atoms with Crippen LogP contribution in [0.3, 0.4) is 0 Å². The van der Waals surface area contributed by atoms with Crippen molar-refractivity contribution in [1.29, 1.82) is 0 Å². The van der Waals surface area contributed by atoms with Crippen LogP contribution in [0.1, 0.15) is 38.2 Å². The molecule has 1 fully saturated rings. The molecule has 3 heteroatoms. The molecule has 1 heterocycles. The van der Waals surface area contributed by atoms with E-state index in [-0.39, 0.29) is 11.3 Å². The SMILES string of the molecule is [CH]C1(C)CCC2(CC1)C(=O)Nc1ccc(-c3cccc(Cl)c3)cc12. The van der Waals surface area contributed by atoms with E-state index in [0.717, 1.165) is 48.1 Å². The molecule has 24 heavy (non-hydrogen) atoms. The molecule has 0 saturated heterocycles. The van der Waals surface area contributed by atoms with Crippen molar-refractivity contribution in [2.45, 2.75) is 38.0 Å². The van der Waals surface area contributed by atoms with Crippen molar-refractivity contribution in [3.8, 4) is 11.1 Å².